The van der Waals surface area contributed by atoms with E-state index in [0.29, 0.717) is 0 Å². The molecule has 2 bridgehead atoms. The highest BCUT2D eigenvalue weighted by molar-refractivity contribution is 5.91. The second-order valence-corrected chi connectivity index (χ2v) is 4.90. The zero-order valence-corrected chi connectivity index (χ0v) is 9.69. The summed E-state index contributed by atoms with van der Waals surface area (Å²) in [6, 6.07) is 3.60. The maximum Gasteiger partial charge on any atom is 0.307 e. The van der Waals surface area contributed by atoms with Crippen molar-refractivity contribution in [3.63, 3.8) is 0 Å². The molecule has 2 unspecified atom stereocenters. The number of amides is 1. The number of aliphatic carboxylic acids is 1. The van der Waals surface area contributed by atoms with Crippen LogP contribution in [0.3, 0.4) is 0 Å². The Morgan fingerprint density at radius 1 is 1.11 bits per heavy atom. The van der Waals surface area contributed by atoms with E-state index in [1.165, 1.54) is 0 Å². The largest absolute Gasteiger partial charge is 0.481 e. The van der Waals surface area contributed by atoms with Gasteiger partial charge in [-0.3, -0.25) is 19.7 Å². The maximum atomic E-state index is 12.2. The molecule has 0 radical (unpaired) electrons. The second-order valence-electron chi connectivity index (χ2n) is 4.90. The monoisotopic (exact) mass is 246 g/mol. The smallest absolute Gasteiger partial charge is 0.307 e. The van der Waals surface area contributed by atoms with E-state index in [2.05, 4.69) is 5.43 Å². The first kappa shape index (κ1) is 11.1. The van der Waals surface area contributed by atoms with Crippen molar-refractivity contribution in [1.82, 2.24) is 4.68 Å². The molecule has 3 rings (SSSR count). The van der Waals surface area contributed by atoms with Crippen LogP contribution >= 0.6 is 0 Å². The number of hydrogen-bond donors (Lipinski definition) is 2. The van der Waals surface area contributed by atoms with Gasteiger partial charge in [-0.15, -0.1) is 0 Å². The van der Waals surface area contributed by atoms with Gasteiger partial charge in [-0.1, -0.05) is 12.2 Å². The summed E-state index contributed by atoms with van der Waals surface area (Å²) in [6.07, 6.45) is 8.13. The van der Waals surface area contributed by atoms with E-state index in [4.69, 9.17) is 0 Å². The molecule has 0 saturated heterocycles. The third-order valence-electron chi connectivity index (χ3n) is 3.89. The van der Waals surface area contributed by atoms with Gasteiger partial charge in [0.2, 0.25) is 5.91 Å². The van der Waals surface area contributed by atoms with E-state index >= 15 is 0 Å². The van der Waals surface area contributed by atoms with Crippen LogP contribution in [0.25, 0.3) is 0 Å². The Hall–Kier alpha value is -2.04. The number of carbonyl (C=O) groups is 2. The highest BCUT2D eigenvalue weighted by Gasteiger charge is 2.51. The molecule has 2 aliphatic rings. The van der Waals surface area contributed by atoms with Crippen molar-refractivity contribution < 1.29 is 14.7 Å². The number of carbonyl (C=O) groups excluding carboxylic acids is 1. The number of carboxylic acid groups (broad SMARTS) is 1. The summed E-state index contributed by atoms with van der Waals surface area (Å²) in [5.74, 6) is -2.06. The van der Waals surface area contributed by atoms with Crippen LogP contribution in [0.2, 0.25) is 0 Å². The van der Waals surface area contributed by atoms with Crippen LogP contribution in [0.4, 0.5) is 0 Å². The molecule has 2 N–H and O–H groups in total. The van der Waals surface area contributed by atoms with E-state index < -0.39 is 17.8 Å². The first-order chi connectivity index (χ1) is 8.66. The van der Waals surface area contributed by atoms with Crippen molar-refractivity contribution in [1.29, 1.82) is 0 Å². The molecule has 5 heteroatoms. The molecule has 5 nitrogen and oxygen atoms in total. The Morgan fingerprint density at radius 3 is 2.33 bits per heavy atom. The fourth-order valence-electron chi connectivity index (χ4n) is 3.13. The van der Waals surface area contributed by atoms with Gasteiger partial charge < -0.3 is 5.11 Å². The van der Waals surface area contributed by atoms with Gasteiger partial charge in [-0.25, -0.2) is 0 Å². The number of allylic oxidation sites excluding steroid dienone is 2. The third kappa shape index (κ3) is 1.63. The lowest BCUT2D eigenvalue weighted by Gasteiger charge is -2.23. The SMILES string of the molecule is O=C(O)[C@@H]1C2C=CC(C2)[C@@H]1C(=O)Nn1cccc1. The summed E-state index contributed by atoms with van der Waals surface area (Å²) < 4.78 is 1.55. The fourth-order valence-corrected chi connectivity index (χ4v) is 3.13. The lowest BCUT2D eigenvalue weighted by Crippen LogP contribution is -2.38. The van der Waals surface area contributed by atoms with Gasteiger partial charge in [0.05, 0.1) is 11.8 Å². The summed E-state index contributed by atoms with van der Waals surface area (Å²) in [5.41, 5.74) is 2.71. The molecule has 4 atom stereocenters. The van der Waals surface area contributed by atoms with Crippen molar-refractivity contribution in [2.45, 2.75) is 6.42 Å². The number of hydrogen-bond acceptors (Lipinski definition) is 2. The molecule has 1 heterocycles. The maximum absolute atomic E-state index is 12.2. The van der Waals surface area contributed by atoms with Crippen LogP contribution in [0.15, 0.2) is 36.7 Å². The van der Waals surface area contributed by atoms with Crippen molar-refractivity contribution >= 4 is 11.9 Å². The number of fused-ring (bicyclic) bond motifs is 2. The van der Waals surface area contributed by atoms with Crippen molar-refractivity contribution in [3.05, 3.63) is 36.7 Å². The minimum Gasteiger partial charge on any atom is -0.481 e. The van der Waals surface area contributed by atoms with Gasteiger partial charge in [-0.2, -0.15) is 0 Å². The van der Waals surface area contributed by atoms with E-state index in [0.717, 1.165) is 6.42 Å². The number of rotatable bonds is 3. The van der Waals surface area contributed by atoms with Crippen LogP contribution < -0.4 is 5.43 Å². The summed E-state index contributed by atoms with van der Waals surface area (Å²) in [4.78, 5) is 23.5. The predicted octanol–water partition coefficient (Wildman–Crippen LogP) is 1.08. The predicted molar refractivity (Wildman–Crippen MR) is 64.2 cm³/mol. The number of aromatic nitrogens is 1. The normalized spacial score (nSPS) is 32.7. The molecule has 18 heavy (non-hydrogen) atoms. The first-order valence-corrected chi connectivity index (χ1v) is 6.02. The van der Waals surface area contributed by atoms with Gasteiger partial charge in [-0.05, 0) is 30.4 Å². The van der Waals surface area contributed by atoms with E-state index in [-0.39, 0.29) is 17.7 Å². The molecular weight excluding hydrogens is 232 g/mol. The van der Waals surface area contributed by atoms with Gasteiger partial charge in [0.25, 0.3) is 0 Å². The van der Waals surface area contributed by atoms with Gasteiger partial charge in [0, 0.05) is 12.4 Å². The van der Waals surface area contributed by atoms with Crippen LogP contribution in [-0.4, -0.2) is 21.7 Å². The molecular formula is C13H14N2O3. The Bertz CT molecular complexity index is 506. The first-order valence-electron chi connectivity index (χ1n) is 6.02. The summed E-state index contributed by atoms with van der Waals surface area (Å²) in [7, 11) is 0. The molecule has 0 spiro atoms. The zero-order chi connectivity index (χ0) is 12.7. The Morgan fingerprint density at radius 2 is 1.72 bits per heavy atom. The average molecular weight is 246 g/mol. The lowest BCUT2D eigenvalue weighted by atomic mass is 9.82. The Kier molecular flexibility index (Phi) is 2.47. The molecule has 1 amide bonds. The number of carboxylic acids is 1. The fraction of sp³-hybridized carbons (Fsp3) is 0.385. The van der Waals surface area contributed by atoms with Crippen LogP contribution in [0.1, 0.15) is 6.42 Å². The van der Waals surface area contributed by atoms with Gasteiger partial charge >= 0.3 is 5.97 Å². The van der Waals surface area contributed by atoms with Crippen molar-refractivity contribution in [3.8, 4) is 0 Å². The van der Waals surface area contributed by atoms with Gasteiger partial charge in [0.1, 0.15) is 0 Å². The van der Waals surface area contributed by atoms with Crippen LogP contribution in [0, 0.1) is 23.7 Å². The summed E-state index contributed by atoms with van der Waals surface area (Å²) >= 11 is 0. The standard InChI is InChI=1S/C13H14N2O3/c16-12(14-15-5-1-2-6-15)10-8-3-4-9(7-8)11(10)13(17)18/h1-6,8-11H,7H2,(H,14,16)(H,17,18)/t8?,9?,10-,11+/m0/s1. The van der Waals surface area contributed by atoms with Crippen molar-refractivity contribution in [2.75, 3.05) is 5.43 Å². The Labute approximate surface area is 104 Å². The molecule has 1 aromatic rings. The lowest BCUT2D eigenvalue weighted by molar-refractivity contribution is -0.147. The van der Waals surface area contributed by atoms with Crippen molar-refractivity contribution in [2.24, 2.45) is 23.7 Å². The molecule has 94 valence electrons. The number of nitrogens with zero attached hydrogens (tertiary/aromatic N) is 1. The summed E-state index contributed by atoms with van der Waals surface area (Å²) in [5, 5.41) is 9.26. The number of nitrogens with one attached hydrogen (secondary N) is 1. The average Bonchev–Trinajstić information content (AvgIpc) is 3.03. The minimum atomic E-state index is -0.875. The van der Waals surface area contributed by atoms with E-state index in [9.17, 15) is 14.7 Å². The minimum absolute atomic E-state index is 0.00733. The third-order valence-corrected chi connectivity index (χ3v) is 3.89. The van der Waals surface area contributed by atoms with E-state index in [1.54, 1.807) is 29.2 Å². The Balaban J connectivity index is 1.80. The van der Waals surface area contributed by atoms with Crippen LogP contribution in [0.5, 0.6) is 0 Å². The quantitative estimate of drug-likeness (QED) is 0.784. The summed E-state index contributed by atoms with van der Waals surface area (Å²) in [6.45, 7) is 0. The topological polar surface area (TPSA) is 71.3 Å². The molecule has 1 aromatic heterocycles. The van der Waals surface area contributed by atoms with Gasteiger partial charge in [0.15, 0.2) is 0 Å². The van der Waals surface area contributed by atoms with Crippen LogP contribution in [-0.2, 0) is 9.59 Å². The second kappa shape index (κ2) is 4.01. The highest BCUT2D eigenvalue weighted by atomic mass is 16.4. The van der Waals surface area contributed by atoms with E-state index in [1.807, 2.05) is 12.2 Å². The highest BCUT2D eigenvalue weighted by Crippen LogP contribution is 2.48. The molecule has 1 saturated carbocycles. The molecule has 0 aromatic carbocycles. The zero-order valence-electron chi connectivity index (χ0n) is 9.69. The molecule has 0 aliphatic heterocycles. The molecule has 1 fully saturated rings. The molecule has 2 aliphatic carbocycles.